The van der Waals surface area contributed by atoms with Crippen LogP contribution in [0.1, 0.15) is 19.8 Å². The lowest BCUT2D eigenvalue weighted by molar-refractivity contribution is -0.120. The van der Waals surface area contributed by atoms with Crippen molar-refractivity contribution in [1.82, 2.24) is 16.0 Å². The fourth-order valence-corrected chi connectivity index (χ4v) is 3.05. The number of amides is 1. The number of hydrogen-bond acceptors (Lipinski definition) is 4. The van der Waals surface area contributed by atoms with Gasteiger partial charge in [0.25, 0.3) is 0 Å². The predicted molar refractivity (Wildman–Crippen MR) is 122 cm³/mol. The standard InChI is InChI=1S/C18H28ClN5O2.HI/c1-4-8-21-17(25)11-22-18(20-2)23-14-7-9-24(12-14)15-10-13(19)5-6-16(15)26-3;/h5-6,10,14H,4,7-9,11-12H2,1-3H3,(H,21,25)(H2,20,22,23);1H. The van der Waals surface area contributed by atoms with Crippen LogP contribution in [0.15, 0.2) is 23.2 Å². The highest BCUT2D eigenvalue weighted by Gasteiger charge is 2.25. The maximum Gasteiger partial charge on any atom is 0.239 e. The Morgan fingerprint density at radius 1 is 1.41 bits per heavy atom. The number of carbonyl (C=O) groups is 1. The number of ether oxygens (including phenoxy) is 1. The molecule has 1 aliphatic heterocycles. The highest BCUT2D eigenvalue weighted by molar-refractivity contribution is 14.0. The molecule has 0 spiro atoms. The molecule has 1 aromatic rings. The van der Waals surface area contributed by atoms with Crippen molar-refractivity contribution in [1.29, 1.82) is 0 Å². The van der Waals surface area contributed by atoms with E-state index in [0.29, 0.717) is 17.5 Å². The van der Waals surface area contributed by atoms with Crippen molar-refractivity contribution in [2.24, 2.45) is 4.99 Å². The predicted octanol–water partition coefficient (Wildman–Crippen LogP) is 2.24. The van der Waals surface area contributed by atoms with Gasteiger partial charge in [-0.2, -0.15) is 0 Å². The number of aliphatic imine (C=N–C) groups is 1. The monoisotopic (exact) mass is 509 g/mol. The minimum atomic E-state index is -0.0356. The summed E-state index contributed by atoms with van der Waals surface area (Å²) in [5.41, 5.74) is 0.992. The molecule has 1 saturated heterocycles. The molecule has 1 atom stereocenters. The Kier molecular flexibility index (Phi) is 10.6. The SMILES string of the molecule is CCCNC(=O)CNC(=NC)NC1CCN(c2cc(Cl)ccc2OC)C1.I. The molecule has 7 nitrogen and oxygen atoms in total. The molecule has 1 fully saturated rings. The smallest absolute Gasteiger partial charge is 0.239 e. The van der Waals surface area contributed by atoms with Crippen molar-refractivity contribution in [3.8, 4) is 5.75 Å². The quantitative estimate of drug-likeness (QED) is 0.299. The van der Waals surface area contributed by atoms with Gasteiger partial charge in [-0.05, 0) is 31.0 Å². The topological polar surface area (TPSA) is 78.0 Å². The Labute approximate surface area is 183 Å². The lowest BCUT2D eigenvalue weighted by Crippen LogP contribution is -2.47. The van der Waals surface area contributed by atoms with Gasteiger partial charge in [-0.1, -0.05) is 18.5 Å². The maximum atomic E-state index is 11.7. The average molecular weight is 510 g/mol. The van der Waals surface area contributed by atoms with Gasteiger partial charge in [0, 0.05) is 37.7 Å². The summed E-state index contributed by atoms with van der Waals surface area (Å²) in [4.78, 5) is 18.1. The van der Waals surface area contributed by atoms with E-state index in [1.54, 1.807) is 14.2 Å². The van der Waals surface area contributed by atoms with Crippen molar-refractivity contribution in [3.05, 3.63) is 23.2 Å². The minimum Gasteiger partial charge on any atom is -0.495 e. The van der Waals surface area contributed by atoms with Crippen LogP contribution < -0.4 is 25.6 Å². The summed E-state index contributed by atoms with van der Waals surface area (Å²) in [6, 6.07) is 5.86. The van der Waals surface area contributed by atoms with Gasteiger partial charge in [0.1, 0.15) is 5.75 Å². The zero-order valence-electron chi connectivity index (χ0n) is 16.0. The number of carbonyl (C=O) groups excluding carboxylic acids is 1. The molecule has 1 unspecified atom stereocenters. The number of anilines is 1. The second-order valence-electron chi connectivity index (χ2n) is 6.17. The molecule has 1 aliphatic rings. The molecule has 0 radical (unpaired) electrons. The van der Waals surface area contributed by atoms with Gasteiger partial charge in [-0.25, -0.2) is 0 Å². The number of methoxy groups -OCH3 is 1. The van der Waals surface area contributed by atoms with Crippen LogP contribution in [-0.4, -0.2) is 58.2 Å². The number of benzene rings is 1. The van der Waals surface area contributed by atoms with Crippen LogP contribution in [0.3, 0.4) is 0 Å². The number of halogens is 2. The number of hydrogen-bond donors (Lipinski definition) is 3. The van der Waals surface area contributed by atoms with Gasteiger partial charge < -0.3 is 25.6 Å². The van der Waals surface area contributed by atoms with Gasteiger partial charge in [-0.3, -0.25) is 9.79 Å². The van der Waals surface area contributed by atoms with Crippen molar-refractivity contribution in [3.63, 3.8) is 0 Å². The fraction of sp³-hybridized carbons (Fsp3) is 0.556. The van der Waals surface area contributed by atoms with Gasteiger partial charge in [0.15, 0.2) is 5.96 Å². The number of nitrogens with one attached hydrogen (secondary N) is 3. The highest BCUT2D eigenvalue weighted by Crippen LogP contribution is 2.33. The van der Waals surface area contributed by atoms with E-state index in [1.165, 1.54) is 0 Å². The van der Waals surface area contributed by atoms with Gasteiger partial charge in [-0.15, -0.1) is 24.0 Å². The van der Waals surface area contributed by atoms with Crippen molar-refractivity contribution >= 4 is 53.1 Å². The maximum absolute atomic E-state index is 11.7. The Hall–Kier alpha value is -1.42. The molecule has 0 saturated carbocycles. The van der Waals surface area contributed by atoms with Gasteiger partial charge in [0.2, 0.25) is 5.91 Å². The molecule has 1 aromatic carbocycles. The Bertz CT molecular complexity index is 644. The third kappa shape index (κ3) is 7.25. The van der Waals surface area contributed by atoms with Crippen LogP contribution in [0.4, 0.5) is 5.69 Å². The minimum absolute atomic E-state index is 0. The summed E-state index contributed by atoms with van der Waals surface area (Å²) < 4.78 is 5.45. The summed E-state index contributed by atoms with van der Waals surface area (Å²) in [7, 11) is 3.36. The summed E-state index contributed by atoms with van der Waals surface area (Å²) in [6.07, 6.45) is 1.88. The second-order valence-corrected chi connectivity index (χ2v) is 6.60. The van der Waals surface area contributed by atoms with E-state index >= 15 is 0 Å². The van der Waals surface area contributed by atoms with Crippen LogP contribution in [0.25, 0.3) is 0 Å². The molecule has 3 N–H and O–H groups in total. The number of rotatable bonds is 7. The molecule has 2 rings (SSSR count). The first kappa shape index (κ1) is 23.6. The van der Waals surface area contributed by atoms with Crippen molar-refractivity contribution in [2.75, 3.05) is 45.2 Å². The number of guanidine groups is 1. The first-order valence-corrected chi connectivity index (χ1v) is 9.27. The van der Waals surface area contributed by atoms with E-state index in [2.05, 4.69) is 25.8 Å². The lowest BCUT2D eigenvalue weighted by atomic mass is 10.2. The van der Waals surface area contributed by atoms with E-state index in [4.69, 9.17) is 16.3 Å². The third-order valence-electron chi connectivity index (χ3n) is 4.22. The van der Waals surface area contributed by atoms with Gasteiger partial charge >= 0.3 is 0 Å². The van der Waals surface area contributed by atoms with Crippen LogP contribution in [0, 0.1) is 0 Å². The Morgan fingerprint density at radius 2 is 2.19 bits per heavy atom. The molecule has 0 aliphatic carbocycles. The molecule has 1 amide bonds. The normalized spacial score (nSPS) is 16.5. The van der Waals surface area contributed by atoms with E-state index in [0.717, 1.165) is 37.4 Å². The summed E-state index contributed by atoms with van der Waals surface area (Å²) in [5.74, 6) is 1.40. The van der Waals surface area contributed by atoms with E-state index in [9.17, 15) is 4.79 Å². The summed E-state index contributed by atoms with van der Waals surface area (Å²) in [6.45, 7) is 4.61. The van der Waals surface area contributed by atoms with E-state index < -0.39 is 0 Å². The molecule has 9 heteroatoms. The summed E-state index contributed by atoms with van der Waals surface area (Å²) in [5, 5.41) is 9.95. The van der Waals surface area contributed by atoms with Crippen molar-refractivity contribution < 1.29 is 9.53 Å². The molecule has 152 valence electrons. The molecule has 0 bridgehead atoms. The molecule has 0 aromatic heterocycles. The van der Waals surface area contributed by atoms with Crippen LogP contribution >= 0.6 is 35.6 Å². The van der Waals surface area contributed by atoms with E-state index in [1.807, 2.05) is 25.1 Å². The average Bonchev–Trinajstić information content (AvgIpc) is 3.11. The van der Waals surface area contributed by atoms with Crippen LogP contribution in [-0.2, 0) is 4.79 Å². The van der Waals surface area contributed by atoms with Gasteiger partial charge in [0.05, 0.1) is 19.3 Å². The number of nitrogens with zero attached hydrogens (tertiary/aromatic N) is 2. The van der Waals surface area contributed by atoms with E-state index in [-0.39, 0.29) is 42.5 Å². The zero-order chi connectivity index (χ0) is 18.9. The fourth-order valence-electron chi connectivity index (χ4n) is 2.89. The first-order chi connectivity index (χ1) is 12.6. The largest absolute Gasteiger partial charge is 0.495 e. The second kappa shape index (κ2) is 12.1. The Balaban J connectivity index is 0.00000364. The summed E-state index contributed by atoms with van der Waals surface area (Å²) >= 11 is 6.14. The lowest BCUT2D eigenvalue weighted by Gasteiger charge is -2.22. The van der Waals surface area contributed by atoms with Crippen LogP contribution in [0.5, 0.6) is 5.75 Å². The zero-order valence-corrected chi connectivity index (χ0v) is 19.1. The Morgan fingerprint density at radius 3 is 2.85 bits per heavy atom. The third-order valence-corrected chi connectivity index (χ3v) is 4.46. The molecular weight excluding hydrogens is 481 g/mol. The van der Waals surface area contributed by atoms with Crippen LogP contribution in [0.2, 0.25) is 5.02 Å². The molecule has 27 heavy (non-hydrogen) atoms. The molecule has 1 heterocycles. The van der Waals surface area contributed by atoms with Crippen molar-refractivity contribution in [2.45, 2.75) is 25.8 Å². The first-order valence-electron chi connectivity index (χ1n) is 8.89. The molecular formula is C18H29ClIN5O2. The highest BCUT2D eigenvalue weighted by atomic mass is 127.